The maximum Gasteiger partial charge on any atom is 0.341 e. The second-order valence-corrected chi connectivity index (χ2v) is 6.63. The third-order valence-electron chi connectivity index (χ3n) is 3.83. The Morgan fingerprint density at radius 3 is 2.76 bits per heavy atom. The van der Waals surface area contributed by atoms with Gasteiger partial charge in [0.1, 0.15) is 10.7 Å². The van der Waals surface area contributed by atoms with Crippen LogP contribution in [0.1, 0.15) is 10.4 Å². The van der Waals surface area contributed by atoms with Crippen molar-refractivity contribution < 1.29 is 19.4 Å². The number of carboxylic acids is 1. The van der Waals surface area contributed by atoms with E-state index in [-0.39, 0.29) is 5.56 Å². The summed E-state index contributed by atoms with van der Waals surface area (Å²) in [5.41, 5.74) is 1.39. The Morgan fingerprint density at radius 1 is 1.32 bits per heavy atom. The van der Waals surface area contributed by atoms with Crippen LogP contribution in [0.15, 0.2) is 23.0 Å². The molecule has 0 unspecified atom stereocenters. The predicted molar refractivity (Wildman–Crippen MR) is 94.8 cm³/mol. The van der Waals surface area contributed by atoms with E-state index in [1.165, 1.54) is 18.4 Å². The summed E-state index contributed by atoms with van der Waals surface area (Å²) in [6.45, 7) is 3.39. The number of hydrogen-bond donors (Lipinski definition) is 2. The molecule has 0 aliphatic carbocycles. The first kappa shape index (κ1) is 17.0. The average Bonchev–Trinajstić information content (AvgIpc) is 2.87. The molecule has 0 saturated carbocycles. The Kier molecular flexibility index (Phi) is 4.45. The number of hydrogen-bond acceptors (Lipinski definition) is 6. The molecule has 0 saturated heterocycles. The molecule has 25 heavy (non-hydrogen) atoms. The van der Waals surface area contributed by atoms with Crippen molar-refractivity contribution in [3.63, 3.8) is 0 Å². The van der Waals surface area contributed by atoms with Crippen molar-refractivity contribution in [1.82, 2.24) is 9.97 Å². The second-order valence-electron chi connectivity index (χ2n) is 5.43. The first-order valence-electron chi connectivity index (χ1n) is 7.43. The Labute approximate surface area is 146 Å². The number of aryl methyl sites for hydroxylation is 2. The molecule has 7 nitrogen and oxygen atoms in total. The molecule has 2 heterocycles. The highest BCUT2D eigenvalue weighted by Crippen LogP contribution is 2.32. The SMILES string of the molecule is COc1cc(-c2nc3sc(C)c(C)c3c(=O)[nH]2)ccc1OCC(=O)O. The normalized spacial score (nSPS) is 10.8. The summed E-state index contributed by atoms with van der Waals surface area (Å²) in [4.78, 5) is 32.1. The number of aromatic nitrogens is 2. The highest BCUT2D eigenvalue weighted by atomic mass is 32.1. The van der Waals surface area contributed by atoms with Gasteiger partial charge < -0.3 is 19.6 Å². The molecule has 8 heteroatoms. The Hall–Kier alpha value is -2.87. The van der Waals surface area contributed by atoms with Gasteiger partial charge in [-0.15, -0.1) is 11.3 Å². The van der Waals surface area contributed by atoms with Crippen molar-refractivity contribution >= 4 is 27.5 Å². The Bertz CT molecular complexity index is 1020. The van der Waals surface area contributed by atoms with E-state index in [0.29, 0.717) is 33.1 Å². The number of H-pyrrole nitrogens is 1. The van der Waals surface area contributed by atoms with E-state index in [4.69, 9.17) is 14.6 Å². The van der Waals surface area contributed by atoms with E-state index in [2.05, 4.69) is 9.97 Å². The minimum absolute atomic E-state index is 0.188. The largest absolute Gasteiger partial charge is 0.493 e. The van der Waals surface area contributed by atoms with Crippen molar-refractivity contribution in [3.05, 3.63) is 39.0 Å². The quantitative estimate of drug-likeness (QED) is 0.725. The monoisotopic (exact) mass is 360 g/mol. The number of aliphatic carboxylic acids is 1. The maximum atomic E-state index is 12.4. The standard InChI is InChI=1S/C17H16N2O5S/c1-8-9(2)25-17-14(8)16(22)18-15(19-17)10-4-5-11(12(6-10)23-3)24-7-13(20)21/h4-6H,7H2,1-3H3,(H,20,21)(H,18,19,22). The fourth-order valence-corrected chi connectivity index (χ4v) is 3.49. The molecule has 3 aromatic rings. The van der Waals surface area contributed by atoms with Crippen LogP contribution >= 0.6 is 11.3 Å². The fraction of sp³-hybridized carbons (Fsp3) is 0.235. The lowest BCUT2D eigenvalue weighted by Gasteiger charge is -2.10. The summed E-state index contributed by atoms with van der Waals surface area (Å²) in [6.07, 6.45) is 0. The molecule has 0 aliphatic rings. The summed E-state index contributed by atoms with van der Waals surface area (Å²) < 4.78 is 10.4. The van der Waals surface area contributed by atoms with Crippen LogP contribution < -0.4 is 15.0 Å². The predicted octanol–water partition coefficient (Wildman–Crippen LogP) is 2.74. The van der Waals surface area contributed by atoms with Crippen molar-refractivity contribution in [2.75, 3.05) is 13.7 Å². The molecule has 1 aromatic carbocycles. The minimum atomic E-state index is -1.08. The number of ether oxygens (including phenoxy) is 2. The van der Waals surface area contributed by atoms with E-state index >= 15 is 0 Å². The average molecular weight is 360 g/mol. The molecule has 130 valence electrons. The van der Waals surface area contributed by atoms with Gasteiger partial charge >= 0.3 is 5.97 Å². The van der Waals surface area contributed by atoms with E-state index in [1.54, 1.807) is 18.2 Å². The first-order chi connectivity index (χ1) is 11.9. The number of benzene rings is 1. The molecule has 0 atom stereocenters. The number of rotatable bonds is 5. The van der Waals surface area contributed by atoms with Gasteiger partial charge in [-0.3, -0.25) is 4.79 Å². The number of nitrogens with zero attached hydrogens (tertiary/aromatic N) is 1. The first-order valence-corrected chi connectivity index (χ1v) is 8.25. The smallest absolute Gasteiger partial charge is 0.341 e. The number of carbonyl (C=O) groups is 1. The van der Waals surface area contributed by atoms with Crippen LogP contribution in [0, 0.1) is 13.8 Å². The van der Waals surface area contributed by atoms with E-state index in [9.17, 15) is 9.59 Å². The van der Waals surface area contributed by atoms with Gasteiger partial charge in [0.2, 0.25) is 0 Å². The van der Waals surface area contributed by atoms with Gasteiger partial charge in [-0.2, -0.15) is 0 Å². The van der Waals surface area contributed by atoms with Gasteiger partial charge in [-0.1, -0.05) is 0 Å². The molecule has 3 rings (SSSR count). The highest BCUT2D eigenvalue weighted by molar-refractivity contribution is 7.18. The van der Waals surface area contributed by atoms with E-state index in [0.717, 1.165) is 10.4 Å². The zero-order valence-corrected chi connectivity index (χ0v) is 14.7. The summed E-state index contributed by atoms with van der Waals surface area (Å²) in [5, 5.41) is 9.32. The third-order valence-corrected chi connectivity index (χ3v) is 4.93. The molecule has 0 aliphatic heterocycles. The topological polar surface area (TPSA) is 102 Å². The number of aromatic amines is 1. The third kappa shape index (κ3) is 3.20. The van der Waals surface area contributed by atoms with Gasteiger partial charge in [0, 0.05) is 10.4 Å². The van der Waals surface area contributed by atoms with E-state index in [1.807, 2.05) is 13.8 Å². The summed E-state index contributed by atoms with van der Waals surface area (Å²) in [7, 11) is 1.46. The van der Waals surface area contributed by atoms with Crippen LogP contribution in [0.2, 0.25) is 0 Å². The fourth-order valence-electron chi connectivity index (χ4n) is 2.47. The summed E-state index contributed by atoms with van der Waals surface area (Å²) >= 11 is 1.47. The zero-order valence-electron chi connectivity index (χ0n) is 13.9. The second kappa shape index (κ2) is 6.56. The molecular weight excluding hydrogens is 344 g/mol. The van der Waals surface area contributed by atoms with Crippen LogP contribution in [0.3, 0.4) is 0 Å². The van der Waals surface area contributed by atoms with Crippen molar-refractivity contribution in [1.29, 1.82) is 0 Å². The number of carboxylic acid groups (broad SMARTS) is 1. The highest BCUT2D eigenvalue weighted by Gasteiger charge is 2.14. The van der Waals surface area contributed by atoms with Gasteiger partial charge in [0.05, 0.1) is 12.5 Å². The van der Waals surface area contributed by atoms with Crippen LogP contribution in [0.25, 0.3) is 21.6 Å². The van der Waals surface area contributed by atoms with Gasteiger partial charge in [0.15, 0.2) is 18.1 Å². The number of thiophene rings is 1. The lowest BCUT2D eigenvalue weighted by molar-refractivity contribution is -0.139. The van der Waals surface area contributed by atoms with E-state index < -0.39 is 12.6 Å². The van der Waals surface area contributed by atoms with Crippen LogP contribution in [-0.4, -0.2) is 34.8 Å². The molecule has 0 amide bonds. The molecule has 0 spiro atoms. The summed E-state index contributed by atoms with van der Waals surface area (Å²) in [6, 6.07) is 4.93. The lowest BCUT2D eigenvalue weighted by atomic mass is 10.1. The molecule has 0 radical (unpaired) electrons. The Morgan fingerprint density at radius 2 is 2.08 bits per heavy atom. The lowest BCUT2D eigenvalue weighted by Crippen LogP contribution is -2.10. The molecule has 2 N–H and O–H groups in total. The van der Waals surface area contributed by atoms with Crippen molar-refractivity contribution in [3.8, 4) is 22.9 Å². The molecule has 0 bridgehead atoms. The molecule has 0 fully saturated rings. The number of methoxy groups -OCH3 is 1. The van der Waals surface area contributed by atoms with Gasteiger partial charge in [-0.25, -0.2) is 9.78 Å². The summed E-state index contributed by atoms with van der Waals surface area (Å²) in [5.74, 6) is 0.00720. The van der Waals surface area contributed by atoms with Crippen molar-refractivity contribution in [2.24, 2.45) is 0 Å². The maximum absolute atomic E-state index is 12.4. The van der Waals surface area contributed by atoms with Gasteiger partial charge in [0.25, 0.3) is 5.56 Å². The molecule has 2 aromatic heterocycles. The van der Waals surface area contributed by atoms with Crippen LogP contribution in [0.5, 0.6) is 11.5 Å². The Balaban J connectivity index is 2.06. The van der Waals surface area contributed by atoms with Gasteiger partial charge in [-0.05, 0) is 37.6 Å². The zero-order chi connectivity index (χ0) is 18.1. The van der Waals surface area contributed by atoms with Crippen LogP contribution in [0.4, 0.5) is 0 Å². The van der Waals surface area contributed by atoms with Crippen LogP contribution in [-0.2, 0) is 4.79 Å². The number of nitrogens with one attached hydrogen (secondary N) is 1. The molecular formula is C17H16N2O5S. The minimum Gasteiger partial charge on any atom is -0.493 e. The van der Waals surface area contributed by atoms with Crippen molar-refractivity contribution in [2.45, 2.75) is 13.8 Å². The number of fused-ring (bicyclic) bond motifs is 1.